The Bertz CT molecular complexity index is 218. The molecule has 5 nitrogen and oxygen atoms in total. The molecule has 0 radical (unpaired) electrons. The molecule has 0 spiro atoms. The van der Waals surface area contributed by atoms with Gasteiger partial charge in [-0.3, -0.25) is 4.79 Å². The van der Waals surface area contributed by atoms with Crippen LogP contribution in [0.1, 0.15) is 19.3 Å². The van der Waals surface area contributed by atoms with E-state index in [4.69, 9.17) is 4.74 Å². The molecule has 1 saturated carbocycles. The monoisotopic (exact) mass is 218 g/mol. The van der Waals surface area contributed by atoms with Gasteiger partial charge in [-0.05, 0) is 18.8 Å². The summed E-state index contributed by atoms with van der Waals surface area (Å²) in [6.07, 6.45) is -0.0982. The van der Waals surface area contributed by atoms with Crippen molar-refractivity contribution >= 4 is 5.97 Å². The third-order valence-electron chi connectivity index (χ3n) is 3.05. The summed E-state index contributed by atoms with van der Waals surface area (Å²) in [7, 11) is 2.71. The highest BCUT2D eigenvalue weighted by Gasteiger charge is 2.40. The Kier molecular flexibility index (Phi) is 4.50. The molecule has 0 saturated heterocycles. The van der Waals surface area contributed by atoms with Crippen LogP contribution in [0.15, 0.2) is 0 Å². The van der Waals surface area contributed by atoms with Crippen molar-refractivity contribution < 1.29 is 24.5 Å². The van der Waals surface area contributed by atoms with Gasteiger partial charge in [0, 0.05) is 19.4 Å². The van der Waals surface area contributed by atoms with Gasteiger partial charge in [0.15, 0.2) is 6.29 Å². The van der Waals surface area contributed by atoms with E-state index in [1.165, 1.54) is 14.2 Å². The summed E-state index contributed by atoms with van der Waals surface area (Å²) in [5.41, 5.74) is 0. The van der Waals surface area contributed by atoms with Crippen molar-refractivity contribution in [3.63, 3.8) is 0 Å². The van der Waals surface area contributed by atoms with E-state index in [1.54, 1.807) is 0 Å². The van der Waals surface area contributed by atoms with E-state index in [0.717, 1.165) is 0 Å². The van der Waals surface area contributed by atoms with Crippen LogP contribution in [-0.4, -0.2) is 42.8 Å². The van der Waals surface area contributed by atoms with E-state index in [1.807, 2.05) is 0 Å². The molecule has 0 aliphatic heterocycles. The highest BCUT2D eigenvalue weighted by molar-refractivity contribution is 5.69. The van der Waals surface area contributed by atoms with Crippen LogP contribution in [0.25, 0.3) is 0 Å². The molecule has 2 N–H and O–H groups in total. The quantitative estimate of drug-likeness (QED) is 0.509. The largest absolute Gasteiger partial charge is 0.469 e. The third-order valence-corrected chi connectivity index (χ3v) is 3.05. The molecular weight excluding hydrogens is 200 g/mol. The zero-order valence-electron chi connectivity index (χ0n) is 9.05. The number of methoxy groups -OCH3 is 2. The molecule has 1 aliphatic rings. The average Bonchev–Trinajstić information content (AvgIpc) is 2.58. The van der Waals surface area contributed by atoms with Crippen molar-refractivity contribution in [3.8, 4) is 0 Å². The van der Waals surface area contributed by atoms with Crippen molar-refractivity contribution in [3.05, 3.63) is 0 Å². The van der Waals surface area contributed by atoms with Crippen LogP contribution in [0, 0.1) is 11.8 Å². The van der Waals surface area contributed by atoms with E-state index >= 15 is 0 Å². The highest BCUT2D eigenvalue weighted by atomic mass is 16.6. The minimum atomic E-state index is -1.02. The summed E-state index contributed by atoms with van der Waals surface area (Å²) < 4.78 is 9.36. The average molecular weight is 218 g/mol. The van der Waals surface area contributed by atoms with Gasteiger partial charge in [-0.1, -0.05) is 0 Å². The molecule has 88 valence electrons. The van der Waals surface area contributed by atoms with Gasteiger partial charge in [-0.15, -0.1) is 0 Å². The number of hydrogen-bond donors (Lipinski definition) is 2. The van der Waals surface area contributed by atoms with Crippen molar-refractivity contribution in [1.29, 1.82) is 0 Å². The van der Waals surface area contributed by atoms with Crippen LogP contribution >= 0.6 is 0 Å². The van der Waals surface area contributed by atoms with Gasteiger partial charge in [0.05, 0.1) is 13.2 Å². The second-order valence-electron chi connectivity index (χ2n) is 3.89. The first-order valence-electron chi connectivity index (χ1n) is 5.06. The zero-order chi connectivity index (χ0) is 11.4. The number of ether oxygens (including phenoxy) is 2. The number of rotatable bonds is 4. The lowest BCUT2D eigenvalue weighted by Gasteiger charge is -2.25. The van der Waals surface area contributed by atoms with Gasteiger partial charge in [-0.2, -0.15) is 0 Å². The predicted octanol–water partition coefficient (Wildman–Crippen LogP) is -0.0986. The lowest BCUT2D eigenvalue weighted by atomic mass is 9.91. The van der Waals surface area contributed by atoms with E-state index in [-0.39, 0.29) is 18.3 Å². The number of hydrogen-bond acceptors (Lipinski definition) is 5. The fraction of sp³-hybridized carbons (Fsp3) is 0.900. The number of aliphatic hydroxyl groups excluding tert-OH is 2. The second-order valence-corrected chi connectivity index (χ2v) is 3.89. The summed E-state index contributed by atoms with van der Waals surface area (Å²) in [6.45, 7) is 0. The molecule has 0 amide bonds. The normalized spacial score (nSPS) is 32.7. The number of esters is 1. The molecule has 4 unspecified atom stereocenters. The van der Waals surface area contributed by atoms with Crippen LogP contribution in [0.4, 0.5) is 0 Å². The Hall–Kier alpha value is -0.650. The number of aliphatic hydroxyl groups is 2. The third kappa shape index (κ3) is 2.90. The molecule has 0 heterocycles. The minimum Gasteiger partial charge on any atom is -0.469 e. The zero-order valence-corrected chi connectivity index (χ0v) is 9.05. The van der Waals surface area contributed by atoms with Crippen molar-refractivity contribution in [2.24, 2.45) is 11.8 Å². The molecule has 5 heteroatoms. The van der Waals surface area contributed by atoms with Crippen LogP contribution in [0.3, 0.4) is 0 Å². The SMILES string of the molecule is COC(=O)CC1CCC(O)C1C(O)OC. The van der Waals surface area contributed by atoms with Gasteiger partial charge in [0.2, 0.25) is 0 Å². The van der Waals surface area contributed by atoms with E-state index in [2.05, 4.69) is 4.74 Å². The first-order chi connectivity index (χ1) is 7.10. The van der Waals surface area contributed by atoms with E-state index in [0.29, 0.717) is 12.8 Å². The molecule has 4 atom stereocenters. The Balaban J connectivity index is 2.59. The molecule has 1 rings (SSSR count). The molecule has 0 aromatic rings. The molecule has 0 aromatic heterocycles. The first-order valence-corrected chi connectivity index (χ1v) is 5.06. The van der Waals surface area contributed by atoms with Gasteiger partial charge in [0.25, 0.3) is 0 Å². The molecule has 15 heavy (non-hydrogen) atoms. The fourth-order valence-corrected chi connectivity index (χ4v) is 2.20. The second kappa shape index (κ2) is 5.44. The number of carbonyl (C=O) groups is 1. The standard InChI is InChI=1S/C10H18O5/c1-14-8(12)5-6-3-4-7(11)9(6)10(13)15-2/h6-7,9-11,13H,3-5H2,1-2H3. The molecule has 0 bridgehead atoms. The highest BCUT2D eigenvalue weighted by Crippen LogP contribution is 2.37. The summed E-state index contributed by atoms with van der Waals surface area (Å²) in [5.74, 6) is -0.779. The topological polar surface area (TPSA) is 76.0 Å². The van der Waals surface area contributed by atoms with Crippen LogP contribution < -0.4 is 0 Å². The van der Waals surface area contributed by atoms with Crippen molar-refractivity contribution in [2.75, 3.05) is 14.2 Å². The molecular formula is C10H18O5. The van der Waals surface area contributed by atoms with E-state index in [9.17, 15) is 15.0 Å². The van der Waals surface area contributed by atoms with Crippen LogP contribution in [0.5, 0.6) is 0 Å². The Labute approximate surface area is 89.0 Å². The Morgan fingerprint density at radius 1 is 1.47 bits per heavy atom. The van der Waals surface area contributed by atoms with Crippen LogP contribution in [0.2, 0.25) is 0 Å². The summed E-state index contributed by atoms with van der Waals surface area (Å²) in [4.78, 5) is 11.1. The molecule has 1 aliphatic carbocycles. The lowest BCUT2D eigenvalue weighted by molar-refractivity contribution is -0.153. The Morgan fingerprint density at radius 2 is 2.13 bits per heavy atom. The maximum Gasteiger partial charge on any atom is 0.305 e. The van der Waals surface area contributed by atoms with Gasteiger partial charge in [0.1, 0.15) is 0 Å². The van der Waals surface area contributed by atoms with Crippen LogP contribution in [-0.2, 0) is 14.3 Å². The summed E-state index contributed by atoms with van der Waals surface area (Å²) in [5, 5.41) is 19.2. The van der Waals surface area contributed by atoms with Crippen molar-refractivity contribution in [1.82, 2.24) is 0 Å². The summed E-state index contributed by atoms with van der Waals surface area (Å²) in [6, 6.07) is 0. The first kappa shape index (κ1) is 12.4. The predicted molar refractivity (Wildman–Crippen MR) is 51.9 cm³/mol. The maximum atomic E-state index is 11.1. The van der Waals surface area contributed by atoms with Gasteiger partial charge in [-0.25, -0.2) is 0 Å². The smallest absolute Gasteiger partial charge is 0.305 e. The van der Waals surface area contributed by atoms with E-state index < -0.39 is 18.3 Å². The van der Waals surface area contributed by atoms with Gasteiger partial charge < -0.3 is 19.7 Å². The minimum absolute atomic E-state index is 0.0672. The number of carbonyl (C=O) groups excluding carboxylic acids is 1. The van der Waals surface area contributed by atoms with Gasteiger partial charge >= 0.3 is 5.97 Å². The fourth-order valence-electron chi connectivity index (χ4n) is 2.20. The molecule has 1 fully saturated rings. The molecule has 0 aromatic carbocycles. The maximum absolute atomic E-state index is 11.1. The lowest BCUT2D eigenvalue weighted by Crippen LogP contribution is -2.34. The van der Waals surface area contributed by atoms with Crippen molar-refractivity contribution in [2.45, 2.75) is 31.7 Å². The summed E-state index contributed by atoms with van der Waals surface area (Å²) >= 11 is 0. The Morgan fingerprint density at radius 3 is 2.67 bits per heavy atom.